The number of rotatable bonds is 11. The number of nitrogens with zero attached hydrogens (tertiary/aromatic N) is 2. The molecule has 2 aliphatic rings. The average molecular weight is 690 g/mol. The number of aromatic nitrogens is 1. The SMILES string of the molecule is CC(=O)Nc1[nH]c(/C=C2\N=C(NC(=O)CCCN(C)c3cc(C(=O)O)cc(C(=O)O)c3)C(C(=O)OC3C(C)CC(C)CC3C)=C2C)c(C)c1C. The molecule has 4 rings (SSSR count). The summed E-state index contributed by atoms with van der Waals surface area (Å²) in [4.78, 5) is 71.5. The molecule has 1 aromatic carbocycles. The molecule has 1 aliphatic heterocycles. The maximum absolute atomic E-state index is 13.9. The number of anilines is 2. The third kappa shape index (κ3) is 8.68. The fraction of sp³-hybridized carbons (Fsp3) is 0.459. The number of aliphatic imine (C=N–C) groups is 1. The molecule has 2 atom stereocenters. The topological polar surface area (TPSA) is 190 Å². The van der Waals surface area contributed by atoms with E-state index in [1.54, 1.807) is 24.9 Å². The Bertz CT molecular complexity index is 1760. The first kappa shape index (κ1) is 37.6. The van der Waals surface area contributed by atoms with E-state index < -0.39 is 23.8 Å². The fourth-order valence-corrected chi connectivity index (χ4v) is 6.83. The largest absolute Gasteiger partial charge is 0.478 e. The Morgan fingerprint density at radius 3 is 2.12 bits per heavy atom. The van der Waals surface area contributed by atoms with Gasteiger partial charge in [0.15, 0.2) is 0 Å². The van der Waals surface area contributed by atoms with Crippen molar-refractivity contribution in [1.82, 2.24) is 10.3 Å². The van der Waals surface area contributed by atoms with E-state index in [0.29, 0.717) is 47.4 Å². The van der Waals surface area contributed by atoms with Gasteiger partial charge in [-0.05, 0) is 98.8 Å². The summed E-state index contributed by atoms with van der Waals surface area (Å²) < 4.78 is 6.13. The summed E-state index contributed by atoms with van der Waals surface area (Å²) in [6.45, 7) is 13.7. The van der Waals surface area contributed by atoms with Crippen LogP contribution < -0.4 is 15.5 Å². The number of esters is 1. The molecule has 2 heterocycles. The third-order valence-electron chi connectivity index (χ3n) is 9.54. The van der Waals surface area contributed by atoms with Gasteiger partial charge in [-0.1, -0.05) is 20.8 Å². The summed E-state index contributed by atoms with van der Waals surface area (Å²) in [5.41, 5.74) is 3.68. The fourth-order valence-electron chi connectivity index (χ4n) is 6.83. The van der Waals surface area contributed by atoms with E-state index in [4.69, 9.17) is 4.74 Å². The Morgan fingerprint density at radius 2 is 1.56 bits per heavy atom. The predicted octanol–water partition coefficient (Wildman–Crippen LogP) is 5.70. The molecule has 0 radical (unpaired) electrons. The average Bonchev–Trinajstić information content (AvgIpc) is 3.47. The van der Waals surface area contributed by atoms with E-state index in [0.717, 1.165) is 30.0 Å². The van der Waals surface area contributed by atoms with Crippen molar-refractivity contribution < 1.29 is 38.9 Å². The minimum Gasteiger partial charge on any atom is -0.478 e. The van der Waals surface area contributed by atoms with Gasteiger partial charge in [-0.3, -0.25) is 9.59 Å². The lowest BCUT2D eigenvalue weighted by Gasteiger charge is -2.37. The molecule has 0 bridgehead atoms. The van der Waals surface area contributed by atoms with Gasteiger partial charge in [-0.15, -0.1) is 0 Å². The number of carbonyl (C=O) groups excluding carboxylic acids is 3. The van der Waals surface area contributed by atoms with Crippen molar-refractivity contribution in [2.24, 2.45) is 22.7 Å². The number of aromatic amines is 1. The predicted molar refractivity (Wildman–Crippen MR) is 190 cm³/mol. The number of benzene rings is 1. The van der Waals surface area contributed by atoms with Gasteiger partial charge in [0.05, 0.1) is 16.8 Å². The summed E-state index contributed by atoms with van der Waals surface area (Å²) >= 11 is 0. The molecular formula is C37H47N5O8. The van der Waals surface area contributed by atoms with Crippen LogP contribution in [-0.4, -0.2) is 70.5 Å². The van der Waals surface area contributed by atoms with Gasteiger partial charge in [-0.2, -0.15) is 0 Å². The molecule has 0 saturated heterocycles. The van der Waals surface area contributed by atoms with Crippen molar-refractivity contribution in [2.75, 3.05) is 23.8 Å². The molecule has 5 N–H and O–H groups in total. The van der Waals surface area contributed by atoms with Crippen LogP contribution in [0, 0.1) is 31.6 Å². The molecular weight excluding hydrogens is 642 g/mol. The van der Waals surface area contributed by atoms with Gasteiger partial charge < -0.3 is 35.5 Å². The first-order chi connectivity index (χ1) is 23.5. The number of aromatic carboxylic acids is 2. The Balaban J connectivity index is 1.56. The molecule has 50 heavy (non-hydrogen) atoms. The summed E-state index contributed by atoms with van der Waals surface area (Å²) in [6, 6.07) is 3.85. The summed E-state index contributed by atoms with van der Waals surface area (Å²) in [5.74, 6) is -2.15. The van der Waals surface area contributed by atoms with Crippen molar-refractivity contribution in [2.45, 2.75) is 80.3 Å². The van der Waals surface area contributed by atoms with Crippen LogP contribution in [0.15, 0.2) is 40.0 Å². The zero-order valence-corrected chi connectivity index (χ0v) is 29.9. The van der Waals surface area contributed by atoms with Crippen LogP contribution in [0.25, 0.3) is 6.08 Å². The van der Waals surface area contributed by atoms with Crippen LogP contribution in [0.2, 0.25) is 0 Å². The number of carboxylic acid groups (broad SMARTS) is 2. The van der Waals surface area contributed by atoms with Crippen LogP contribution in [-0.2, 0) is 19.1 Å². The van der Waals surface area contributed by atoms with Gasteiger partial charge >= 0.3 is 17.9 Å². The molecule has 268 valence electrons. The van der Waals surface area contributed by atoms with Crippen LogP contribution in [0.5, 0.6) is 0 Å². The molecule has 0 spiro atoms. The Morgan fingerprint density at radius 1 is 0.960 bits per heavy atom. The number of nitrogens with one attached hydrogen (secondary N) is 3. The number of amides is 2. The number of amidine groups is 1. The Labute approximate surface area is 291 Å². The van der Waals surface area contributed by atoms with Crippen LogP contribution in [0.4, 0.5) is 11.5 Å². The van der Waals surface area contributed by atoms with E-state index in [1.165, 1.54) is 19.1 Å². The van der Waals surface area contributed by atoms with E-state index in [9.17, 15) is 34.2 Å². The maximum Gasteiger partial charge on any atom is 0.342 e. The highest BCUT2D eigenvalue weighted by Gasteiger charge is 2.37. The zero-order valence-electron chi connectivity index (χ0n) is 29.9. The molecule has 1 fully saturated rings. The number of ether oxygens (including phenoxy) is 1. The highest BCUT2D eigenvalue weighted by atomic mass is 16.5. The standard InChI is InChI=1S/C37H47N5O8/c1-18-12-19(2)32(20(3)13-18)50-37(49)31-23(6)29(17-28-21(4)22(5)33(39-28)38-24(7)43)40-34(31)41-30(44)10-9-11-42(8)27-15-25(35(45)46)14-26(16-27)36(47)48/h14-20,32,39H,9-13H2,1-8H3,(H,38,43)(H,45,46)(H,47,48)(H,40,41,44)/b29-17-. The van der Waals surface area contributed by atoms with Gasteiger partial charge in [-0.25, -0.2) is 19.4 Å². The number of hydrogen-bond acceptors (Lipinski definition) is 8. The van der Waals surface area contributed by atoms with Crippen molar-refractivity contribution in [3.05, 3.63) is 63.0 Å². The van der Waals surface area contributed by atoms with E-state index in [1.807, 2.05) is 13.8 Å². The lowest BCUT2D eigenvalue weighted by atomic mass is 9.75. The number of allylic oxidation sites excluding steroid dienone is 1. The van der Waals surface area contributed by atoms with Crippen molar-refractivity contribution >= 4 is 53.1 Å². The number of carboxylic acids is 2. The van der Waals surface area contributed by atoms with Crippen LogP contribution in [0.1, 0.15) is 97.8 Å². The van der Waals surface area contributed by atoms with Crippen molar-refractivity contribution in [1.29, 1.82) is 0 Å². The third-order valence-corrected chi connectivity index (χ3v) is 9.54. The van der Waals surface area contributed by atoms with Crippen LogP contribution >= 0.6 is 0 Å². The zero-order chi connectivity index (χ0) is 37.0. The molecule has 2 aromatic rings. The highest BCUT2D eigenvalue weighted by Crippen LogP contribution is 2.37. The monoisotopic (exact) mass is 689 g/mol. The molecule has 1 saturated carbocycles. The Kier molecular flexibility index (Phi) is 11.7. The normalized spacial score (nSPS) is 21.1. The van der Waals surface area contributed by atoms with Gasteiger partial charge in [0, 0.05) is 38.3 Å². The summed E-state index contributed by atoms with van der Waals surface area (Å²) in [5, 5.41) is 24.4. The second kappa shape index (κ2) is 15.6. The molecule has 13 heteroatoms. The van der Waals surface area contributed by atoms with Crippen molar-refractivity contribution in [3.8, 4) is 0 Å². The minimum absolute atomic E-state index is 0.0395. The van der Waals surface area contributed by atoms with E-state index >= 15 is 0 Å². The highest BCUT2D eigenvalue weighted by molar-refractivity contribution is 6.25. The van der Waals surface area contributed by atoms with Crippen molar-refractivity contribution in [3.63, 3.8) is 0 Å². The molecule has 1 aromatic heterocycles. The maximum atomic E-state index is 13.9. The molecule has 2 amide bonds. The minimum atomic E-state index is -1.25. The lowest BCUT2D eigenvalue weighted by molar-refractivity contribution is -0.152. The smallest absolute Gasteiger partial charge is 0.342 e. The lowest BCUT2D eigenvalue weighted by Crippen LogP contribution is -2.40. The number of hydrogen-bond donors (Lipinski definition) is 5. The van der Waals surface area contributed by atoms with E-state index in [-0.39, 0.29) is 52.8 Å². The molecule has 1 aliphatic carbocycles. The summed E-state index contributed by atoms with van der Waals surface area (Å²) in [6.07, 6.45) is 3.75. The number of H-pyrrole nitrogens is 1. The molecule has 13 nitrogen and oxygen atoms in total. The quantitative estimate of drug-likeness (QED) is 0.184. The second-order valence-electron chi connectivity index (χ2n) is 13.7. The van der Waals surface area contributed by atoms with E-state index in [2.05, 4.69) is 41.4 Å². The van der Waals surface area contributed by atoms with Crippen LogP contribution in [0.3, 0.4) is 0 Å². The number of carbonyl (C=O) groups is 5. The summed E-state index contributed by atoms with van der Waals surface area (Å²) in [7, 11) is 1.68. The first-order valence-electron chi connectivity index (χ1n) is 16.8. The van der Waals surface area contributed by atoms with Gasteiger partial charge in [0.1, 0.15) is 23.3 Å². The Hall–Kier alpha value is -5.20. The van der Waals surface area contributed by atoms with Gasteiger partial charge in [0.2, 0.25) is 11.8 Å². The second-order valence-corrected chi connectivity index (χ2v) is 13.7. The first-order valence-corrected chi connectivity index (χ1v) is 16.8. The molecule has 2 unspecified atom stereocenters. The van der Waals surface area contributed by atoms with Gasteiger partial charge in [0.25, 0.3) is 0 Å².